The van der Waals surface area contributed by atoms with Gasteiger partial charge in [-0.05, 0) is 61.4 Å². The van der Waals surface area contributed by atoms with E-state index in [-0.39, 0.29) is 5.91 Å². The second kappa shape index (κ2) is 6.74. The van der Waals surface area contributed by atoms with Crippen LogP contribution in [0, 0.1) is 0 Å². The molecule has 1 saturated heterocycles. The van der Waals surface area contributed by atoms with E-state index in [0.717, 1.165) is 41.9 Å². The molecule has 0 unspecified atom stereocenters. The van der Waals surface area contributed by atoms with Crippen LogP contribution in [0.15, 0.2) is 48.5 Å². The maximum absolute atomic E-state index is 12.6. The van der Waals surface area contributed by atoms with Gasteiger partial charge in [-0.15, -0.1) is 0 Å². The number of aromatic nitrogens is 1. The lowest BCUT2D eigenvalue weighted by Crippen LogP contribution is -2.37. The Kier molecular flexibility index (Phi) is 4.45. The van der Waals surface area contributed by atoms with Gasteiger partial charge in [-0.2, -0.15) is 0 Å². The number of nitrogens with zero attached hydrogens (tertiary/aromatic N) is 1. The number of fused-ring (bicyclic) bond motifs is 1. The highest BCUT2D eigenvalue weighted by Gasteiger charge is 2.25. The number of halogens is 2. The summed E-state index contributed by atoms with van der Waals surface area (Å²) in [5.74, 6) is 0.527. The highest BCUT2D eigenvalue weighted by atomic mass is 35.5. The Hall–Kier alpha value is -1.97. The molecule has 0 bridgehead atoms. The Morgan fingerprint density at radius 1 is 0.960 bits per heavy atom. The molecule has 1 aromatic heterocycles. The van der Waals surface area contributed by atoms with E-state index in [1.807, 2.05) is 23.1 Å². The average Bonchev–Trinajstić information content (AvgIpc) is 3.05. The molecular weight excluding hydrogens is 355 g/mol. The molecule has 1 amide bonds. The number of aromatic amines is 1. The van der Waals surface area contributed by atoms with Crippen molar-refractivity contribution in [2.24, 2.45) is 0 Å². The van der Waals surface area contributed by atoms with Crippen LogP contribution in [-0.2, 0) is 0 Å². The van der Waals surface area contributed by atoms with Crippen LogP contribution in [0.25, 0.3) is 10.9 Å². The Morgan fingerprint density at radius 2 is 1.64 bits per heavy atom. The number of benzene rings is 2. The standard InChI is InChI=1S/C20H18Cl2N2O/c21-16-3-1-14(2-4-16)20(25)24-9-7-13(8-10-24)19-12-15-11-17(22)5-6-18(15)23-19/h1-6,11-13,23H,7-10H2. The van der Waals surface area contributed by atoms with Crippen LogP contribution in [0.3, 0.4) is 0 Å². The zero-order valence-electron chi connectivity index (χ0n) is 13.6. The van der Waals surface area contributed by atoms with E-state index in [1.54, 1.807) is 24.3 Å². The number of amides is 1. The van der Waals surface area contributed by atoms with Gasteiger partial charge in [0.1, 0.15) is 0 Å². The van der Waals surface area contributed by atoms with Crippen molar-refractivity contribution in [2.75, 3.05) is 13.1 Å². The van der Waals surface area contributed by atoms with Crippen molar-refractivity contribution in [1.82, 2.24) is 9.88 Å². The van der Waals surface area contributed by atoms with Crippen molar-refractivity contribution in [2.45, 2.75) is 18.8 Å². The van der Waals surface area contributed by atoms with Crippen molar-refractivity contribution in [1.29, 1.82) is 0 Å². The fraction of sp³-hybridized carbons (Fsp3) is 0.250. The highest BCUT2D eigenvalue weighted by Crippen LogP contribution is 2.31. The van der Waals surface area contributed by atoms with E-state index in [1.165, 1.54) is 5.69 Å². The first kappa shape index (κ1) is 16.5. The Morgan fingerprint density at radius 3 is 2.36 bits per heavy atom. The molecule has 128 valence electrons. The summed E-state index contributed by atoms with van der Waals surface area (Å²) in [7, 11) is 0. The third-order valence-corrected chi connectivity index (χ3v) is 5.40. The lowest BCUT2D eigenvalue weighted by molar-refractivity contribution is 0.0712. The third kappa shape index (κ3) is 3.39. The first-order valence-corrected chi connectivity index (χ1v) is 9.19. The lowest BCUT2D eigenvalue weighted by atomic mass is 9.93. The van der Waals surface area contributed by atoms with Gasteiger partial charge in [0.2, 0.25) is 0 Å². The number of carbonyl (C=O) groups is 1. The smallest absolute Gasteiger partial charge is 0.253 e. The largest absolute Gasteiger partial charge is 0.358 e. The predicted octanol–water partition coefficient (Wildman–Crippen LogP) is 5.49. The van der Waals surface area contributed by atoms with Crippen molar-refractivity contribution >= 4 is 40.0 Å². The first-order chi connectivity index (χ1) is 12.1. The van der Waals surface area contributed by atoms with E-state index in [2.05, 4.69) is 11.1 Å². The molecule has 2 aromatic carbocycles. The minimum Gasteiger partial charge on any atom is -0.358 e. The van der Waals surface area contributed by atoms with Gasteiger partial charge in [0.05, 0.1) is 0 Å². The monoisotopic (exact) mass is 372 g/mol. The molecule has 0 aliphatic carbocycles. The summed E-state index contributed by atoms with van der Waals surface area (Å²) in [6.45, 7) is 1.53. The van der Waals surface area contributed by atoms with Crippen LogP contribution in [-0.4, -0.2) is 28.9 Å². The maximum atomic E-state index is 12.6. The van der Waals surface area contributed by atoms with Crippen LogP contribution in [0.5, 0.6) is 0 Å². The van der Waals surface area contributed by atoms with Crippen LogP contribution < -0.4 is 0 Å². The summed E-state index contributed by atoms with van der Waals surface area (Å²) in [5, 5.41) is 2.54. The maximum Gasteiger partial charge on any atom is 0.253 e. The normalized spacial score (nSPS) is 15.7. The molecule has 5 heteroatoms. The van der Waals surface area contributed by atoms with Crippen LogP contribution in [0.4, 0.5) is 0 Å². The predicted molar refractivity (Wildman–Crippen MR) is 103 cm³/mol. The highest BCUT2D eigenvalue weighted by molar-refractivity contribution is 6.31. The SMILES string of the molecule is O=C(c1ccc(Cl)cc1)N1CCC(c2cc3cc(Cl)ccc3[nH]2)CC1. The van der Waals surface area contributed by atoms with Gasteiger partial charge in [0, 0.05) is 51.2 Å². The molecule has 1 fully saturated rings. The molecule has 25 heavy (non-hydrogen) atoms. The molecule has 3 aromatic rings. The van der Waals surface area contributed by atoms with E-state index < -0.39 is 0 Å². The number of H-pyrrole nitrogens is 1. The van der Waals surface area contributed by atoms with Crippen molar-refractivity contribution in [3.8, 4) is 0 Å². The van der Waals surface area contributed by atoms with E-state index >= 15 is 0 Å². The second-order valence-electron chi connectivity index (χ2n) is 6.53. The van der Waals surface area contributed by atoms with Gasteiger partial charge in [-0.1, -0.05) is 23.2 Å². The minimum absolute atomic E-state index is 0.0820. The molecule has 0 saturated carbocycles. The quantitative estimate of drug-likeness (QED) is 0.633. The summed E-state index contributed by atoms with van der Waals surface area (Å²) in [6, 6.07) is 15.2. The molecule has 3 nitrogen and oxygen atoms in total. The number of likely N-dealkylation sites (tertiary alicyclic amines) is 1. The Bertz CT molecular complexity index is 909. The van der Waals surface area contributed by atoms with Gasteiger partial charge >= 0.3 is 0 Å². The fourth-order valence-corrected chi connectivity index (χ4v) is 3.82. The first-order valence-electron chi connectivity index (χ1n) is 8.43. The lowest BCUT2D eigenvalue weighted by Gasteiger charge is -2.31. The summed E-state index contributed by atoms with van der Waals surface area (Å²) in [5.41, 5.74) is 3.04. The van der Waals surface area contributed by atoms with E-state index in [0.29, 0.717) is 16.5 Å². The molecule has 1 aliphatic rings. The van der Waals surface area contributed by atoms with Crippen molar-refractivity contribution in [3.63, 3.8) is 0 Å². The molecule has 0 atom stereocenters. The van der Waals surface area contributed by atoms with Crippen LogP contribution in [0.1, 0.15) is 34.8 Å². The zero-order valence-corrected chi connectivity index (χ0v) is 15.1. The molecular formula is C20H18Cl2N2O. The Balaban J connectivity index is 1.45. The molecule has 0 spiro atoms. The Labute approximate surface area is 156 Å². The van der Waals surface area contributed by atoms with Gasteiger partial charge in [-0.3, -0.25) is 4.79 Å². The van der Waals surface area contributed by atoms with Gasteiger partial charge in [0.25, 0.3) is 5.91 Å². The molecule has 1 aliphatic heterocycles. The molecule has 0 radical (unpaired) electrons. The number of hydrogen-bond acceptors (Lipinski definition) is 1. The van der Waals surface area contributed by atoms with Crippen LogP contribution in [0.2, 0.25) is 10.0 Å². The van der Waals surface area contributed by atoms with Gasteiger partial charge in [0.15, 0.2) is 0 Å². The summed E-state index contributed by atoms with van der Waals surface area (Å²) >= 11 is 12.0. The van der Waals surface area contributed by atoms with E-state index in [9.17, 15) is 4.79 Å². The third-order valence-electron chi connectivity index (χ3n) is 4.92. The molecule has 1 N–H and O–H groups in total. The second-order valence-corrected chi connectivity index (χ2v) is 7.40. The number of hydrogen-bond donors (Lipinski definition) is 1. The molecule has 2 heterocycles. The van der Waals surface area contributed by atoms with Gasteiger partial charge in [-0.25, -0.2) is 0 Å². The van der Waals surface area contributed by atoms with Gasteiger partial charge < -0.3 is 9.88 Å². The topological polar surface area (TPSA) is 36.1 Å². The number of carbonyl (C=O) groups excluding carboxylic acids is 1. The average molecular weight is 373 g/mol. The summed E-state index contributed by atoms with van der Waals surface area (Å²) in [4.78, 5) is 18.0. The number of rotatable bonds is 2. The zero-order chi connectivity index (χ0) is 17.4. The summed E-state index contributed by atoms with van der Waals surface area (Å²) < 4.78 is 0. The molecule has 4 rings (SSSR count). The fourth-order valence-electron chi connectivity index (χ4n) is 3.51. The minimum atomic E-state index is 0.0820. The van der Waals surface area contributed by atoms with Crippen molar-refractivity contribution in [3.05, 3.63) is 69.8 Å². The van der Waals surface area contributed by atoms with Crippen molar-refractivity contribution < 1.29 is 4.79 Å². The van der Waals surface area contributed by atoms with E-state index in [4.69, 9.17) is 23.2 Å². The van der Waals surface area contributed by atoms with Crippen LogP contribution >= 0.6 is 23.2 Å². The summed E-state index contributed by atoms with van der Waals surface area (Å²) in [6.07, 6.45) is 1.92. The number of piperidine rings is 1. The number of nitrogens with one attached hydrogen (secondary N) is 1.